The lowest BCUT2D eigenvalue weighted by Crippen LogP contribution is -2.02. The van der Waals surface area contributed by atoms with Crippen LogP contribution in [-0.2, 0) is 23.2 Å². The monoisotopic (exact) mass is 403 g/mol. The number of fused-ring (bicyclic) bond motifs is 5. The van der Waals surface area contributed by atoms with E-state index in [0.717, 1.165) is 6.54 Å². The van der Waals surface area contributed by atoms with Gasteiger partial charge in [0.2, 0.25) is 0 Å². The van der Waals surface area contributed by atoms with Gasteiger partial charge in [0.05, 0.1) is 0 Å². The van der Waals surface area contributed by atoms with Crippen molar-refractivity contribution in [2.45, 2.75) is 45.4 Å². The molecule has 0 saturated heterocycles. The molecule has 3 aromatic rings. The Balaban J connectivity index is 0.000000237. The zero-order chi connectivity index (χ0) is 20.6. The van der Waals surface area contributed by atoms with E-state index in [-0.39, 0.29) is 0 Å². The van der Waals surface area contributed by atoms with Gasteiger partial charge in [-0.3, -0.25) is 9.11 Å². The van der Waals surface area contributed by atoms with Gasteiger partial charge < -0.3 is 5.73 Å². The number of rotatable bonds is 2. The maximum Gasteiger partial charge on any atom is 0.394 e. The molecule has 0 amide bonds. The second-order valence-corrected chi connectivity index (χ2v) is 7.78. The van der Waals surface area contributed by atoms with E-state index in [4.69, 9.17) is 23.3 Å². The van der Waals surface area contributed by atoms with Crippen molar-refractivity contribution in [3.05, 3.63) is 59.7 Å². The van der Waals surface area contributed by atoms with E-state index in [1.165, 1.54) is 60.1 Å². The zero-order valence-corrected chi connectivity index (χ0v) is 17.1. The smallest absolute Gasteiger partial charge is 0.330 e. The van der Waals surface area contributed by atoms with Gasteiger partial charge >= 0.3 is 10.4 Å². The number of unbranched alkanes of at least 4 members (excludes halogenated alkanes) is 1. The number of hydrogen-bond donors (Lipinski definition) is 3. The number of hydrogen-bond acceptors (Lipinski definition) is 3. The van der Waals surface area contributed by atoms with E-state index in [2.05, 4.69) is 55.5 Å². The van der Waals surface area contributed by atoms with E-state index in [9.17, 15) is 0 Å². The molecule has 0 fully saturated rings. The summed E-state index contributed by atoms with van der Waals surface area (Å²) in [5, 5.41) is 5.64. The summed E-state index contributed by atoms with van der Waals surface area (Å²) < 4.78 is 31.6. The molecule has 28 heavy (non-hydrogen) atoms. The summed E-state index contributed by atoms with van der Waals surface area (Å²) in [6, 6.07) is 18.0. The molecular weight excluding hydrogens is 374 g/mol. The first-order chi connectivity index (χ1) is 13.3. The van der Waals surface area contributed by atoms with Gasteiger partial charge in [-0.15, -0.1) is 0 Å². The third-order valence-corrected chi connectivity index (χ3v) is 4.82. The van der Waals surface area contributed by atoms with Gasteiger partial charge in [0.15, 0.2) is 0 Å². The Morgan fingerprint density at radius 1 is 0.893 bits per heavy atom. The minimum atomic E-state index is -4.67. The van der Waals surface area contributed by atoms with E-state index < -0.39 is 10.4 Å². The third-order valence-electron chi connectivity index (χ3n) is 4.82. The Hall–Kier alpha value is -1.99. The third kappa shape index (κ3) is 6.56. The Morgan fingerprint density at radius 2 is 1.54 bits per heavy atom. The molecule has 0 atom stereocenters. The van der Waals surface area contributed by atoms with Crippen molar-refractivity contribution in [2.24, 2.45) is 5.73 Å². The van der Waals surface area contributed by atoms with E-state index in [1.807, 2.05) is 0 Å². The molecule has 5 nitrogen and oxygen atoms in total. The van der Waals surface area contributed by atoms with Crippen LogP contribution in [0.25, 0.3) is 21.5 Å². The lowest BCUT2D eigenvalue weighted by Gasteiger charge is -2.18. The van der Waals surface area contributed by atoms with Crippen molar-refractivity contribution in [1.29, 1.82) is 0 Å². The Labute approximate surface area is 167 Å². The van der Waals surface area contributed by atoms with Gasteiger partial charge in [-0.25, -0.2) is 0 Å². The highest BCUT2D eigenvalue weighted by atomic mass is 32.3. The Morgan fingerprint density at radius 3 is 2.18 bits per heavy atom. The molecule has 1 aliphatic carbocycles. The quantitative estimate of drug-likeness (QED) is 0.414. The molecule has 0 spiro atoms. The van der Waals surface area contributed by atoms with Crippen LogP contribution in [0.3, 0.4) is 0 Å². The van der Waals surface area contributed by atoms with Crippen molar-refractivity contribution in [1.82, 2.24) is 0 Å². The molecule has 0 heterocycles. The lowest BCUT2D eigenvalue weighted by molar-refractivity contribution is 0.381. The van der Waals surface area contributed by atoms with Crippen LogP contribution >= 0.6 is 0 Å². The number of benzene rings is 3. The maximum atomic E-state index is 8.74. The minimum Gasteiger partial charge on any atom is -0.330 e. The second kappa shape index (κ2) is 10.5. The fourth-order valence-electron chi connectivity index (χ4n) is 3.55. The van der Waals surface area contributed by atoms with E-state index >= 15 is 0 Å². The molecule has 0 unspecified atom stereocenters. The summed E-state index contributed by atoms with van der Waals surface area (Å²) >= 11 is 0. The highest BCUT2D eigenvalue weighted by molar-refractivity contribution is 7.79. The topological polar surface area (TPSA) is 101 Å². The van der Waals surface area contributed by atoms with Crippen LogP contribution < -0.4 is 5.73 Å². The standard InChI is InChI=1S/C18H16.C4H11N.H2O4S/c1-3-7-15-13(5-1)9-11-18-16-8-4-2-6-14(16)10-12-17(15)18;1-2-3-4-5;1-5(2,3)4/h1,3,5,7,9-12H,2,4,6,8H2;2-5H2,1H3;(H2,1,2,3,4). The highest BCUT2D eigenvalue weighted by Gasteiger charge is 2.13. The van der Waals surface area contributed by atoms with Gasteiger partial charge in [-0.05, 0) is 71.3 Å². The van der Waals surface area contributed by atoms with Crippen LogP contribution in [-0.4, -0.2) is 24.1 Å². The first-order valence-corrected chi connectivity index (χ1v) is 11.1. The summed E-state index contributed by atoms with van der Waals surface area (Å²) in [5.74, 6) is 0. The molecule has 0 aliphatic heterocycles. The van der Waals surface area contributed by atoms with Crippen LogP contribution in [0.15, 0.2) is 48.5 Å². The van der Waals surface area contributed by atoms with Gasteiger partial charge in [0, 0.05) is 0 Å². The molecule has 6 heteroatoms. The lowest BCUT2D eigenvalue weighted by atomic mass is 9.86. The first-order valence-electron chi connectivity index (χ1n) is 9.67. The molecule has 4 N–H and O–H groups in total. The van der Waals surface area contributed by atoms with Crippen LogP contribution in [0.5, 0.6) is 0 Å². The molecule has 0 radical (unpaired) electrons. The molecule has 0 bridgehead atoms. The van der Waals surface area contributed by atoms with Crippen molar-refractivity contribution in [2.75, 3.05) is 6.54 Å². The zero-order valence-electron chi connectivity index (χ0n) is 16.3. The SMILES string of the molecule is CCCCN.O=S(=O)(O)O.c1ccc2c(c1)ccc1c3c(ccc12)CCCC3. The van der Waals surface area contributed by atoms with Crippen molar-refractivity contribution < 1.29 is 17.5 Å². The summed E-state index contributed by atoms with van der Waals surface area (Å²) in [5.41, 5.74) is 8.31. The molecule has 0 saturated carbocycles. The first kappa shape index (κ1) is 22.3. The van der Waals surface area contributed by atoms with Gasteiger partial charge in [0.25, 0.3) is 0 Å². The summed E-state index contributed by atoms with van der Waals surface area (Å²) in [6.45, 7) is 2.98. The predicted molar refractivity (Wildman–Crippen MR) is 116 cm³/mol. The fraction of sp³-hybridized carbons (Fsp3) is 0.364. The van der Waals surface area contributed by atoms with Crippen LogP contribution in [0.4, 0.5) is 0 Å². The maximum absolute atomic E-state index is 8.74. The summed E-state index contributed by atoms with van der Waals surface area (Å²) in [4.78, 5) is 0. The van der Waals surface area contributed by atoms with Crippen LogP contribution in [0.1, 0.15) is 43.7 Å². The summed E-state index contributed by atoms with van der Waals surface area (Å²) in [6.07, 6.45) is 7.60. The average Bonchev–Trinajstić information content (AvgIpc) is 2.67. The van der Waals surface area contributed by atoms with E-state index in [0.29, 0.717) is 0 Å². The number of aryl methyl sites for hydroxylation is 2. The van der Waals surface area contributed by atoms with Gasteiger partial charge in [-0.2, -0.15) is 8.42 Å². The fourth-order valence-corrected chi connectivity index (χ4v) is 3.55. The molecule has 0 aromatic heterocycles. The van der Waals surface area contributed by atoms with Gasteiger partial charge in [-0.1, -0.05) is 61.9 Å². The molecular formula is C22H29NO4S. The molecule has 3 aromatic carbocycles. The molecule has 152 valence electrons. The van der Waals surface area contributed by atoms with Crippen molar-refractivity contribution >= 4 is 31.9 Å². The van der Waals surface area contributed by atoms with Crippen molar-refractivity contribution in [3.8, 4) is 0 Å². The van der Waals surface area contributed by atoms with Crippen LogP contribution in [0.2, 0.25) is 0 Å². The van der Waals surface area contributed by atoms with Crippen molar-refractivity contribution in [3.63, 3.8) is 0 Å². The molecule has 1 aliphatic rings. The Kier molecular flexibility index (Phi) is 8.38. The van der Waals surface area contributed by atoms with E-state index in [1.54, 1.807) is 11.1 Å². The Bertz CT molecular complexity index is 1010. The second-order valence-electron chi connectivity index (χ2n) is 6.88. The predicted octanol–water partition coefficient (Wildman–Crippen LogP) is 4.96. The van der Waals surface area contributed by atoms with Crippen LogP contribution in [0, 0.1) is 0 Å². The number of nitrogens with two attached hydrogens (primary N) is 1. The average molecular weight is 404 g/mol. The minimum absolute atomic E-state index is 0.844. The van der Waals surface area contributed by atoms with Gasteiger partial charge in [0.1, 0.15) is 0 Å². The highest BCUT2D eigenvalue weighted by Crippen LogP contribution is 2.33. The normalized spacial score (nSPS) is 13.1. The largest absolute Gasteiger partial charge is 0.394 e. The summed E-state index contributed by atoms with van der Waals surface area (Å²) in [7, 11) is -4.67. The molecule has 4 rings (SSSR count).